The van der Waals surface area contributed by atoms with Crippen molar-refractivity contribution >= 4 is 17.0 Å². The highest BCUT2D eigenvalue weighted by molar-refractivity contribution is 5.80. The van der Waals surface area contributed by atoms with Crippen LogP contribution >= 0.6 is 0 Å². The minimum atomic E-state index is -0.756. The molecule has 0 unspecified atom stereocenters. The first-order valence-electron chi connectivity index (χ1n) is 6.87. The van der Waals surface area contributed by atoms with E-state index < -0.39 is 5.97 Å². The van der Waals surface area contributed by atoms with Crippen LogP contribution in [0, 0.1) is 6.92 Å². The molecule has 6 nitrogen and oxygen atoms in total. The minimum Gasteiger partial charge on any atom is -0.493 e. The number of imidazole rings is 1. The molecule has 0 saturated heterocycles. The van der Waals surface area contributed by atoms with Crippen molar-refractivity contribution in [2.75, 3.05) is 14.2 Å². The summed E-state index contributed by atoms with van der Waals surface area (Å²) in [6, 6.07) is 3.76. The number of methoxy groups -OCH3 is 2. The maximum Gasteiger partial charge on any atom is 0.303 e. The van der Waals surface area contributed by atoms with Crippen molar-refractivity contribution in [2.45, 2.75) is 32.7 Å². The van der Waals surface area contributed by atoms with Gasteiger partial charge in [0, 0.05) is 25.1 Å². The maximum absolute atomic E-state index is 10.5. The van der Waals surface area contributed by atoms with Crippen LogP contribution in [-0.4, -0.2) is 34.8 Å². The summed E-state index contributed by atoms with van der Waals surface area (Å²) in [4.78, 5) is 15.1. The number of aryl methyl sites for hydroxylation is 2. The number of hydrogen-bond donors (Lipinski definition) is 1. The van der Waals surface area contributed by atoms with E-state index in [9.17, 15) is 4.79 Å². The van der Waals surface area contributed by atoms with Crippen molar-refractivity contribution in [3.63, 3.8) is 0 Å². The van der Waals surface area contributed by atoms with Crippen LogP contribution in [0.2, 0.25) is 0 Å². The molecule has 0 aliphatic heterocycles. The van der Waals surface area contributed by atoms with Gasteiger partial charge in [0.25, 0.3) is 0 Å². The molecule has 0 aliphatic carbocycles. The first-order chi connectivity index (χ1) is 10.1. The summed E-state index contributed by atoms with van der Waals surface area (Å²) >= 11 is 0. The van der Waals surface area contributed by atoms with Gasteiger partial charge in [0.1, 0.15) is 5.82 Å². The van der Waals surface area contributed by atoms with Crippen LogP contribution in [0.4, 0.5) is 0 Å². The third-order valence-corrected chi connectivity index (χ3v) is 3.47. The van der Waals surface area contributed by atoms with Gasteiger partial charge in [-0.25, -0.2) is 4.98 Å². The summed E-state index contributed by atoms with van der Waals surface area (Å²) in [5, 5.41) is 8.67. The Morgan fingerprint density at radius 2 is 1.90 bits per heavy atom. The number of carbonyl (C=O) groups is 1. The SMILES string of the molecule is COc1cc2nc(C)n(CCCCC(=O)O)c2cc1OC. The zero-order valence-electron chi connectivity index (χ0n) is 12.5. The Labute approximate surface area is 123 Å². The molecule has 0 bridgehead atoms. The predicted molar refractivity (Wildman–Crippen MR) is 79.1 cm³/mol. The van der Waals surface area contributed by atoms with Crippen LogP contribution in [0.15, 0.2) is 12.1 Å². The fourth-order valence-electron chi connectivity index (χ4n) is 2.40. The van der Waals surface area contributed by atoms with Gasteiger partial charge in [-0.1, -0.05) is 0 Å². The topological polar surface area (TPSA) is 73.6 Å². The molecular weight excluding hydrogens is 272 g/mol. The van der Waals surface area contributed by atoms with Crippen LogP contribution < -0.4 is 9.47 Å². The van der Waals surface area contributed by atoms with E-state index in [0.717, 1.165) is 29.8 Å². The van der Waals surface area contributed by atoms with E-state index in [1.54, 1.807) is 14.2 Å². The van der Waals surface area contributed by atoms with E-state index in [1.165, 1.54) is 0 Å². The van der Waals surface area contributed by atoms with Gasteiger partial charge < -0.3 is 19.1 Å². The number of ether oxygens (including phenoxy) is 2. The second-order valence-corrected chi connectivity index (χ2v) is 4.86. The number of rotatable bonds is 7. The molecule has 2 aromatic rings. The highest BCUT2D eigenvalue weighted by Gasteiger charge is 2.13. The van der Waals surface area contributed by atoms with E-state index in [-0.39, 0.29) is 6.42 Å². The Hall–Kier alpha value is -2.24. The van der Waals surface area contributed by atoms with Crippen molar-refractivity contribution in [2.24, 2.45) is 0 Å². The standard InChI is InChI=1S/C15H20N2O4/c1-10-16-11-8-13(20-2)14(21-3)9-12(11)17(10)7-5-4-6-15(18)19/h8-9H,4-7H2,1-3H3,(H,18,19). The number of aromatic nitrogens is 2. The normalized spacial score (nSPS) is 10.8. The van der Waals surface area contributed by atoms with Gasteiger partial charge in [0.2, 0.25) is 0 Å². The molecule has 2 rings (SSSR count). The summed E-state index contributed by atoms with van der Waals surface area (Å²) in [6.45, 7) is 2.68. The summed E-state index contributed by atoms with van der Waals surface area (Å²) in [5.41, 5.74) is 1.82. The van der Waals surface area contributed by atoms with E-state index in [1.807, 2.05) is 19.1 Å². The van der Waals surface area contributed by atoms with Gasteiger partial charge in [0.05, 0.1) is 25.3 Å². The zero-order valence-corrected chi connectivity index (χ0v) is 12.5. The molecule has 0 spiro atoms. The largest absolute Gasteiger partial charge is 0.493 e. The third-order valence-electron chi connectivity index (χ3n) is 3.47. The van der Waals surface area contributed by atoms with Crippen LogP contribution in [-0.2, 0) is 11.3 Å². The van der Waals surface area contributed by atoms with Gasteiger partial charge >= 0.3 is 5.97 Å². The summed E-state index contributed by atoms with van der Waals surface area (Å²) in [7, 11) is 3.20. The lowest BCUT2D eigenvalue weighted by atomic mass is 10.2. The third kappa shape index (κ3) is 3.26. The molecule has 0 amide bonds. The quantitative estimate of drug-likeness (QED) is 0.794. The number of unbranched alkanes of at least 4 members (excludes halogenated alkanes) is 1. The predicted octanol–water partition coefficient (Wildman–Crippen LogP) is 2.62. The Kier molecular flexibility index (Phi) is 4.67. The van der Waals surface area contributed by atoms with E-state index in [2.05, 4.69) is 9.55 Å². The van der Waals surface area contributed by atoms with E-state index >= 15 is 0 Å². The van der Waals surface area contributed by atoms with Crippen molar-refractivity contribution in [3.05, 3.63) is 18.0 Å². The molecule has 0 atom stereocenters. The van der Waals surface area contributed by atoms with Crippen molar-refractivity contribution in [3.8, 4) is 11.5 Å². The molecule has 0 saturated carbocycles. The Bertz CT molecular complexity index is 649. The Balaban J connectivity index is 2.26. The Morgan fingerprint density at radius 1 is 1.24 bits per heavy atom. The lowest BCUT2D eigenvalue weighted by Crippen LogP contribution is -2.02. The molecule has 1 aromatic carbocycles. The second kappa shape index (κ2) is 6.47. The lowest BCUT2D eigenvalue weighted by molar-refractivity contribution is -0.137. The summed E-state index contributed by atoms with van der Waals surface area (Å²) < 4.78 is 12.7. The first-order valence-corrected chi connectivity index (χ1v) is 6.87. The number of fused-ring (bicyclic) bond motifs is 1. The molecule has 21 heavy (non-hydrogen) atoms. The Morgan fingerprint density at radius 3 is 2.52 bits per heavy atom. The number of benzene rings is 1. The number of nitrogens with zero attached hydrogens (tertiary/aromatic N) is 2. The van der Waals surface area contributed by atoms with Crippen LogP contribution in [0.1, 0.15) is 25.1 Å². The average Bonchev–Trinajstić information content (AvgIpc) is 2.76. The summed E-state index contributed by atoms with van der Waals surface area (Å²) in [5.74, 6) is 1.46. The number of carboxylic acids is 1. The van der Waals surface area contributed by atoms with Crippen molar-refractivity contribution in [1.82, 2.24) is 9.55 Å². The van der Waals surface area contributed by atoms with Gasteiger partial charge in [-0.3, -0.25) is 4.79 Å². The molecule has 114 valence electrons. The van der Waals surface area contributed by atoms with Crippen LogP contribution in [0.5, 0.6) is 11.5 Å². The zero-order chi connectivity index (χ0) is 15.4. The van der Waals surface area contributed by atoms with Gasteiger partial charge in [-0.15, -0.1) is 0 Å². The first kappa shape index (κ1) is 15.2. The van der Waals surface area contributed by atoms with E-state index in [4.69, 9.17) is 14.6 Å². The molecule has 0 radical (unpaired) electrons. The molecule has 1 aromatic heterocycles. The molecule has 0 fully saturated rings. The molecule has 6 heteroatoms. The fourth-order valence-corrected chi connectivity index (χ4v) is 2.40. The van der Waals surface area contributed by atoms with Gasteiger partial charge in [-0.2, -0.15) is 0 Å². The molecular formula is C15H20N2O4. The number of hydrogen-bond acceptors (Lipinski definition) is 4. The minimum absolute atomic E-state index is 0.197. The number of aliphatic carboxylic acids is 1. The smallest absolute Gasteiger partial charge is 0.303 e. The van der Waals surface area contributed by atoms with Gasteiger partial charge in [0.15, 0.2) is 11.5 Å². The number of carboxylic acid groups (broad SMARTS) is 1. The lowest BCUT2D eigenvalue weighted by Gasteiger charge is -2.09. The van der Waals surface area contributed by atoms with Crippen LogP contribution in [0.3, 0.4) is 0 Å². The van der Waals surface area contributed by atoms with Crippen LogP contribution in [0.25, 0.3) is 11.0 Å². The van der Waals surface area contributed by atoms with Crippen molar-refractivity contribution < 1.29 is 19.4 Å². The fraction of sp³-hybridized carbons (Fsp3) is 0.467. The average molecular weight is 292 g/mol. The molecule has 1 N–H and O–H groups in total. The monoisotopic (exact) mass is 292 g/mol. The summed E-state index contributed by atoms with van der Waals surface area (Å²) in [6.07, 6.45) is 1.65. The second-order valence-electron chi connectivity index (χ2n) is 4.86. The van der Waals surface area contributed by atoms with Crippen molar-refractivity contribution in [1.29, 1.82) is 0 Å². The highest BCUT2D eigenvalue weighted by atomic mass is 16.5. The molecule has 1 heterocycles. The highest BCUT2D eigenvalue weighted by Crippen LogP contribution is 2.32. The van der Waals surface area contributed by atoms with E-state index in [0.29, 0.717) is 17.9 Å². The molecule has 0 aliphatic rings. The van der Waals surface area contributed by atoms with Gasteiger partial charge in [-0.05, 0) is 19.8 Å². The maximum atomic E-state index is 10.5.